The molecule has 3 rings (SSSR count). The number of methoxy groups -OCH3 is 2. The Hall–Kier alpha value is -3.14. The van der Waals surface area contributed by atoms with E-state index in [1.54, 1.807) is 24.3 Å². The molecule has 2 heterocycles. The van der Waals surface area contributed by atoms with E-state index >= 15 is 0 Å². The third kappa shape index (κ3) is 4.39. The maximum absolute atomic E-state index is 12.2. The molecule has 148 valence electrons. The molecule has 1 N–H and O–H groups in total. The highest BCUT2D eigenvalue weighted by atomic mass is 32.2. The number of sulfone groups is 1. The molecule has 0 bridgehead atoms. The Bertz CT molecular complexity index is 1090. The first kappa shape index (κ1) is 19.6. The van der Waals surface area contributed by atoms with Gasteiger partial charge in [0.1, 0.15) is 6.54 Å². The summed E-state index contributed by atoms with van der Waals surface area (Å²) in [7, 11) is -0.240. The molecule has 0 aliphatic carbocycles. The maximum atomic E-state index is 12.2. The molecule has 1 aromatic heterocycles. The van der Waals surface area contributed by atoms with Crippen molar-refractivity contribution < 1.29 is 22.7 Å². The Labute approximate surface area is 161 Å². The summed E-state index contributed by atoms with van der Waals surface area (Å²) in [4.78, 5) is 24.3. The summed E-state index contributed by atoms with van der Waals surface area (Å²) >= 11 is 0. The van der Waals surface area contributed by atoms with E-state index in [1.807, 2.05) is 0 Å². The van der Waals surface area contributed by atoms with E-state index in [2.05, 4.69) is 10.4 Å². The van der Waals surface area contributed by atoms with Gasteiger partial charge < -0.3 is 14.8 Å². The summed E-state index contributed by atoms with van der Waals surface area (Å²) in [5, 5.41) is 7.86. The number of carbonyl (C=O) groups is 1. The first-order valence-corrected chi connectivity index (χ1v) is 10.0. The fourth-order valence-electron chi connectivity index (χ4n) is 2.77. The first-order chi connectivity index (χ1) is 13.3. The Morgan fingerprint density at radius 3 is 2.61 bits per heavy atom. The van der Waals surface area contributed by atoms with Gasteiger partial charge in [-0.2, -0.15) is 5.10 Å². The van der Waals surface area contributed by atoms with Crippen molar-refractivity contribution >= 4 is 15.7 Å². The van der Waals surface area contributed by atoms with Crippen molar-refractivity contribution in [3.63, 3.8) is 0 Å². The van der Waals surface area contributed by atoms with Crippen molar-refractivity contribution in [3.05, 3.63) is 52.2 Å². The summed E-state index contributed by atoms with van der Waals surface area (Å²) in [5.41, 5.74) is 0.697. The predicted molar refractivity (Wildman–Crippen MR) is 102 cm³/mol. The molecule has 0 spiro atoms. The number of hydrogen-bond donors (Lipinski definition) is 1. The van der Waals surface area contributed by atoms with Crippen molar-refractivity contribution in [1.29, 1.82) is 0 Å². The van der Waals surface area contributed by atoms with Crippen LogP contribution in [0.25, 0.3) is 11.3 Å². The van der Waals surface area contributed by atoms with E-state index in [9.17, 15) is 18.0 Å². The summed E-state index contributed by atoms with van der Waals surface area (Å²) in [6, 6.07) is 7.43. The SMILES string of the molecule is COc1ccc(-c2ccc(=O)n(CC(=O)N[C@H]3C=CS(=O)(=O)C3)n2)cc1OC. The number of carbonyl (C=O) groups excluding carboxylic acids is 1. The van der Waals surface area contributed by atoms with Crippen LogP contribution in [0.1, 0.15) is 0 Å². The lowest BCUT2D eigenvalue weighted by atomic mass is 10.1. The molecule has 1 aromatic carbocycles. The van der Waals surface area contributed by atoms with Gasteiger partial charge in [-0.15, -0.1) is 0 Å². The Kier molecular flexibility index (Phi) is 5.50. The van der Waals surface area contributed by atoms with Crippen LogP contribution < -0.4 is 20.3 Å². The van der Waals surface area contributed by atoms with Crippen LogP contribution in [0.2, 0.25) is 0 Å². The Morgan fingerprint density at radius 1 is 1.21 bits per heavy atom. The molecule has 0 fully saturated rings. The largest absolute Gasteiger partial charge is 0.493 e. The molecule has 0 unspecified atom stereocenters. The highest BCUT2D eigenvalue weighted by Crippen LogP contribution is 2.31. The van der Waals surface area contributed by atoms with Gasteiger partial charge in [0.15, 0.2) is 21.3 Å². The van der Waals surface area contributed by atoms with Crippen LogP contribution in [-0.4, -0.2) is 50.1 Å². The lowest BCUT2D eigenvalue weighted by Gasteiger charge is -2.12. The summed E-state index contributed by atoms with van der Waals surface area (Å²) in [5.74, 6) is 0.364. The van der Waals surface area contributed by atoms with Crippen molar-refractivity contribution in [3.8, 4) is 22.8 Å². The van der Waals surface area contributed by atoms with E-state index in [-0.39, 0.29) is 12.3 Å². The maximum Gasteiger partial charge on any atom is 0.267 e. The zero-order chi connectivity index (χ0) is 20.3. The van der Waals surface area contributed by atoms with Gasteiger partial charge in [-0.3, -0.25) is 9.59 Å². The van der Waals surface area contributed by atoms with Gasteiger partial charge in [0.2, 0.25) is 5.91 Å². The molecular formula is C18H19N3O6S. The second kappa shape index (κ2) is 7.85. The van der Waals surface area contributed by atoms with Gasteiger partial charge in [-0.05, 0) is 30.3 Å². The minimum Gasteiger partial charge on any atom is -0.493 e. The van der Waals surface area contributed by atoms with Gasteiger partial charge in [0, 0.05) is 17.0 Å². The highest BCUT2D eigenvalue weighted by Gasteiger charge is 2.23. The van der Waals surface area contributed by atoms with Gasteiger partial charge in [0.25, 0.3) is 5.56 Å². The van der Waals surface area contributed by atoms with Gasteiger partial charge in [0.05, 0.1) is 31.7 Å². The molecule has 1 aliphatic rings. The standard InChI is InChI=1S/C18H19N3O6S/c1-26-15-5-3-12(9-16(15)27-2)14-4-6-18(23)21(20-14)10-17(22)19-13-7-8-28(24,25)11-13/h3-9,13H,10-11H2,1-2H3,(H,19,22)/t13-/m0/s1. The van der Waals surface area contributed by atoms with Crippen molar-refractivity contribution in [1.82, 2.24) is 15.1 Å². The molecule has 2 aromatic rings. The third-order valence-corrected chi connectivity index (χ3v) is 5.51. The normalized spacial score (nSPS) is 17.3. The van der Waals surface area contributed by atoms with E-state index in [4.69, 9.17) is 9.47 Å². The monoisotopic (exact) mass is 405 g/mol. The average molecular weight is 405 g/mol. The van der Waals surface area contributed by atoms with Crippen LogP contribution >= 0.6 is 0 Å². The van der Waals surface area contributed by atoms with Crippen LogP contribution in [0, 0.1) is 0 Å². The second-order valence-electron chi connectivity index (χ2n) is 6.12. The quantitative estimate of drug-likeness (QED) is 0.737. The molecule has 0 saturated heterocycles. The van der Waals surface area contributed by atoms with E-state index < -0.39 is 27.3 Å². The molecule has 0 saturated carbocycles. The van der Waals surface area contributed by atoms with Gasteiger partial charge in [-0.25, -0.2) is 13.1 Å². The zero-order valence-corrected chi connectivity index (χ0v) is 16.1. The molecule has 10 heteroatoms. The van der Waals surface area contributed by atoms with Crippen LogP contribution in [0.4, 0.5) is 0 Å². The van der Waals surface area contributed by atoms with Crippen molar-refractivity contribution in [2.75, 3.05) is 20.0 Å². The van der Waals surface area contributed by atoms with Crippen molar-refractivity contribution in [2.45, 2.75) is 12.6 Å². The molecule has 0 radical (unpaired) electrons. The van der Waals surface area contributed by atoms with Gasteiger partial charge >= 0.3 is 0 Å². The molecule has 9 nitrogen and oxygen atoms in total. The first-order valence-electron chi connectivity index (χ1n) is 8.32. The average Bonchev–Trinajstić information content (AvgIpc) is 3.01. The van der Waals surface area contributed by atoms with Crippen LogP contribution in [-0.2, 0) is 21.2 Å². The molecule has 1 aliphatic heterocycles. The third-order valence-electron chi connectivity index (χ3n) is 4.12. The number of hydrogen-bond acceptors (Lipinski definition) is 7. The van der Waals surface area contributed by atoms with E-state index in [1.165, 1.54) is 26.4 Å². The number of ether oxygens (including phenoxy) is 2. The summed E-state index contributed by atoms with van der Waals surface area (Å²) in [6.07, 6.45) is 1.41. The number of amides is 1. The molecule has 28 heavy (non-hydrogen) atoms. The van der Waals surface area contributed by atoms with E-state index in [0.29, 0.717) is 22.8 Å². The lowest BCUT2D eigenvalue weighted by molar-refractivity contribution is -0.122. The Balaban J connectivity index is 1.79. The summed E-state index contributed by atoms with van der Waals surface area (Å²) < 4.78 is 34.3. The number of nitrogens with zero attached hydrogens (tertiary/aromatic N) is 2. The smallest absolute Gasteiger partial charge is 0.267 e. The number of aromatic nitrogens is 2. The van der Waals surface area contributed by atoms with Crippen molar-refractivity contribution in [2.24, 2.45) is 0 Å². The molecule has 1 amide bonds. The number of rotatable bonds is 6. The number of benzene rings is 1. The topological polar surface area (TPSA) is 117 Å². The van der Waals surface area contributed by atoms with Crippen LogP contribution in [0.5, 0.6) is 11.5 Å². The van der Waals surface area contributed by atoms with Crippen LogP contribution in [0.3, 0.4) is 0 Å². The molecular weight excluding hydrogens is 386 g/mol. The summed E-state index contributed by atoms with van der Waals surface area (Å²) in [6.45, 7) is -0.329. The van der Waals surface area contributed by atoms with Gasteiger partial charge in [-0.1, -0.05) is 0 Å². The lowest BCUT2D eigenvalue weighted by Crippen LogP contribution is -2.39. The fourth-order valence-corrected chi connectivity index (χ4v) is 4.00. The zero-order valence-electron chi connectivity index (χ0n) is 15.3. The second-order valence-corrected chi connectivity index (χ2v) is 8.05. The highest BCUT2D eigenvalue weighted by molar-refractivity contribution is 7.94. The molecule has 1 atom stereocenters. The fraction of sp³-hybridized carbons (Fsp3) is 0.278. The van der Waals surface area contributed by atoms with Crippen LogP contribution in [0.15, 0.2) is 46.6 Å². The Morgan fingerprint density at radius 2 is 1.96 bits per heavy atom. The van der Waals surface area contributed by atoms with E-state index in [0.717, 1.165) is 10.1 Å². The minimum absolute atomic E-state index is 0.188. The predicted octanol–water partition coefficient (Wildman–Crippen LogP) is 0.354. The number of nitrogens with one attached hydrogen (secondary N) is 1. The minimum atomic E-state index is -3.28.